The summed E-state index contributed by atoms with van der Waals surface area (Å²) in [5, 5.41) is 11.2. The lowest BCUT2D eigenvalue weighted by Gasteiger charge is -2.28. The van der Waals surface area contributed by atoms with E-state index in [1.54, 1.807) is 17.7 Å². The molecule has 0 saturated heterocycles. The average molecular weight is 454 g/mol. The van der Waals surface area contributed by atoms with Crippen LogP contribution in [0.25, 0.3) is 0 Å². The largest absolute Gasteiger partial charge is 0.460 e. The summed E-state index contributed by atoms with van der Waals surface area (Å²) in [6.07, 6.45) is 2.17. The normalized spacial score (nSPS) is 15.5. The van der Waals surface area contributed by atoms with Gasteiger partial charge < -0.3 is 14.0 Å². The molecule has 4 aromatic rings. The molecule has 0 amide bonds. The molecule has 2 aromatic carbocycles. The second-order valence-electron chi connectivity index (χ2n) is 7.15. The fourth-order valence-corrected chi connectivity index (χ4v) is 5.10. The van der Waals surface area contributed by atoms with Crippen LogP contribution in [0.15, 0.2) is 71.5 Å². The van der Waals surface area contributed by atoms with Gasteiger partial charge in [-0.15, -0.1) is 21.5 Å². The van der Waals surface area contributed by atoms with Crippen molar-refractivity contribution in [3.05, 3.63) is 93.7 Å². The molecule has 0 radical (unpaired) electrons. The number of benzene rings is 2. The van der Waals surface area contributed by atoms with Crippen LogP contribution in [0, 0.1) is 5.82 Å². The number of ether oxygens (including phenoxy) is 2. The molecule has 0 spiro atoms. The Morgan fingerprint density at radius 2 is 2.06 bits per heavy atom. The molecular formula is C23H20FN3O2S2. The van der Waals surface area contributed by atoms with Crippen molar-refractivity contribution >= 4 is 23.1 Å². The third kappa shape index (κ3) is 4.66. The summed E-state index contributed by atoms with van der Waals surface area (Å²) in [5.41, 5.74) is 2.45. The second kappa shape index (κ2) is 9.21. The van der Waals surface area contributed by atoms with Gasteiger partial charge >= 0.3 is 0 Å². The van der Waals surface area contributed by atoms with Crippen LogP contribution in [-0.2, 0) is 30.1 Å². The van der Waals surface area contributed by atoms with E-state index in [2.05, 4.69) is 27.7 Å². The molecule has 5 nitrogen and oxygen atoms in total. The van der Waals surface area contributed by atoms with Crippen molar-refractivity contribution in [3.63, 3.8) is 0 Å². The highest BCUT2D eigenvalue weighted by Gasteiger charge is 2.25. The van der Waals surface area contributed by atoms with E-state index in [1.165, 1.54) is 28.8 Å². The van der Waals surface area contributed by atoms with Gasteiger partial charge in [-0.2, -0.15) is 0 Å². The van der Waals surface area contributed by atoms with Crippen molar-refractivity contribution in [2.45, 2.75) is 36.8 Å². The molecule has 1 aliphatic rings. The Balaban J connectivity index is 1.32. The highest BCUT2D eigenvalue weighted by molar-refractivity contribution is 7.98. The molecule has 0 N–H and O–H groups in total. The first-order valence-electron chi connectivity index (χ1n) is 9.94. The monoisotopic (exact) mass is 453 g/mol. The Labute approximate surface area is 187 Å². The molecule has 1 aliphatic heterocycles. The molecule has 0 saturated carbocycles. The number of hydrogen-bond acceptors (Lipinski definition) is 6. The molecule has 0 bridgehead atoms. The smallest absolute Gasteiger partial charge is 0.227 e. The van der Waals surface area contributed by atoms with Gasteiger partial charge in [-0.05, 0) is 30.0 Å². The summed E-state index contributed by atoms with van der Waals surface area (Å²) in [5.74, 6) is 0.928. The zero-order chi connectivity index (χ0) is 21.0. The first-order chi connectivity index (χ1) is 15.3. The van der Waals surface area contributed by atoms with Gasteiger partial charge in [-0.25, -0.2) is 4.39 Å². The highest BCUT2D eigenvalue weighted by atomic mass is 32.2. The highest BCUT2D eigenvalue weighted by Crippen LogP contribution is 2.38. The third-order valence-electron chi connectivity index (χ3n) is 5.01. The predicted octanol–water partition coefficient (Wildman–Crippen LogP) is 5.62. The van der Waals surface area contributed by atoms with E-state index < -0.39 is 6.29 Å². The number of nitrogens with zero attached hydrogens (tertiary/aromatic N) is 3. The number of aryl methyl sites for hydroxylation is 2. The lowest BCUT2D eigenvalue weighted by atomic mass is 10.1. The van der Waals surface area contributed by atoms with E-state index in [4.69, 9.17) is 9.47 Å². The van der Waals surface area contributed by atoms with Crippen molar-refractivity contribution in [1.29, 1.82) is 0 Å². The molecule has 31 heavy (non-hydrogen) atoms. The van der Waals surface area contributed by atoms with Crippen LogP contribution in [0.1, 0.15) is 27.9 Å². The number of fused-ring (bicyclic) bond motifs is 1. The van der Waals surface area contributed by atoms with E-state index >= 15 is 0 Å². The molecular weight excluding hydrogens is 433 g/mol. The van der Waals surface area contributed by atoms with Gasteiger partial charge in [0.15, 0.2) is 5.16 Å². The number of aromatic nitrogens is 3. The Kier molecular flexibility index (Phi) is 6.01. The lowest BCUT2D eigenvalue weighted by Crippen LogP contribution is -2.19. The molecule has 1 unspecified atom stereocenters. The molecule has 2 aromatic heterocycles. The number of thioether (sulfide) groups is 1. The molecule has 3 heterocycles. The Morgan fingerprint density at radius 1 is 1.16 bits per heavy atom. The van der Waals surface area contributed by atoms with Crippen molar-refractivity contribution < 1.29 is 13.9 Å². The fraction of sp³-hybridized carbons (Fsp3) is 0.217. The molecule has 0 fully saturated rings. The summed E-state index contributed by atoms with van der Waals surface area (Å²) >= 11 is 3.27. The van der Waals surface area contributed by atoms with Crippen LogP contribution >= 0.6 is 23.1 Å². The standard InChI is InChI=1S/C23H20FN3O2S2/c24-19-11-17-13-28-22(16-5-2-1-3-6-16)29-21(17)18(12-19)14-31-23-26-25-15-27(23)9-8-20-7-4-10-30-20/h1-7,10-12,15,22H,8-9,13-14H2. The van der Waals surface area contributed by atoms with E-state index in [1.807, 2.05) is 34.9 Å². The minimum Gasteiger partial charge on any atom is -0.460 e. The van der Waals surface area contributed by atoms with Crippen LogP contribution in [0.2, 0.25) is 0 Å². The van der Waals surface area contributed by atoms with Gasteiger partial charge in [0.05, 0.1) is 6.61 Å². The van der Waals surface area contributed by atoms with Crippen LogP contribution < -0.4 is 4.74 Å². The van der Waals surface area contributed by atoms with Gasteiger partial charge in [-0.3, -0.25) is 0 Å². The molecule has 0 aliphatic carbocycles. The average Bonchev–Trinajstić information content (AvgIpc) is 3.48. The number of rotatable bonds is 7. The maximum Gasteiger partial charge on any atom is 0.227 e. The fourth-order valence-electron chi connectivity index (χ4n) is 3.50. The van der Waals surface area contributed by atoms with Crippen molar-refractivity contribution in [2.75, 3.05) is 0 Å². The van der Waals surface area contributed by atoms with Gasteiger partial charge in [-0.1, -0.05) is 48.2 Å². The minimum absolute atomic E-state index is 0.293. The van der Waals surface area contributed by atoms with Crippen molar-refractivity contribution in [3.8, 4) is 5.75 Å². The molecule has 8 heteroatoms. The Morgan fingerprint density at radius 3 is 2.90 bits per heavy atom. The van der Waals surface area contributed by atoms with Crippen molar-refractivity contribution in [1.82, 2.24) is 14.8 Å². The Hall–Kier alpha value is -2.68. The molecule has 1 atom stereocenters. The van der Waals surface area contributed by atoms with Gasteiger partial charge in [0, 0.05) is 33.9 Å². The van der Waals surface area contributed by atoms with Gasteiger partial charge in [0.1, 0.15) is 17.9 Å². The summed E-state index contributed by atoms with van der Waals surface area (Å²) in [4.78, 5) is 1.32. The van der Waals surface area contributed by atoms with Gasteiger partial charge in [0.25, 0.3) is 0 Å². The summed E-state index contributed by atoms with van der Waals surface area (Å²) < 4.78 is 28.3. The SMILES string of the molecule is Fc1cc2c(c(CSc3nncn3CCc3cccs3)c1)OC(c1ccccc1)OC2. The molecule has 158 valence electrons. The summed E-state index contributed by atoms with van der Waals surface area (Å²) in [6, 6.07) is 17.0. The maximum absolute atomic E-state index is 14.2. The topological polar surface area (TPSA) is 49.2 Å². The van der Waals surface area contributed by atoms with E-state index in [0.717, 1.165) is 34.8 Å². The van der Waals surface area contributed by atoms with Crippen LogP contribution in [0.5, 0.6) is 5.75 Å². The Bertz CT molecular complexity index is 1150. The zero-order valence-electron chi connectivity index (χ0n) is 16.6. The number of thiophene rings is 1. The number of hydrogen-bond donors (Lipinski definition) is 0. The van der Waals surface area contributed by atoms with Crippen LogP contribution in [-0.4, -0.2) is 14.8 Å². The van der Waals surface area contributed by atoms with Gasteiger partial charge in [0.2, 0.25) is 6.29 Å². The van der Waals surface area contributed by atoms with Crippen LogP contribution in [0.3, 0.4) is 0 Å². The summed E-state index contributed by atoms with van der Waals surface area (Å²) in [6.45, 7) is 1.11. The summed E-state index contributed by atoms with van der Waals surface area (Å²) in [7, 11) is 0. The quantitative estimate of drug-likeness (QED) is 0.340. The van der Waals surface area contributed by atoms with E-state index in [-0.39, 0.29) is 5.82 Å². The zero-order valence-corrected chi connectivity index (χ0v) is 18.2. The second-order valence-corrected chi connectivity index (χ2v) is 9.12. The van der Waals surface area contributed by atoms with Crippen molar-refractivity contribution in [2.24, 2.45) is 0 Å². The minimum atomic E-state index is -0.502. The number of halogens is 1. The van der Waals surface area contributed by atoms with E-state index in [0.29, 0.717) is 18.1 Å². The van der Waals surface area contributed by atoms with Crippen LogP contribution in [0.4, 0.5) is 4.39 Å². The molecule has 5 rings (SSSR count). The first kappa shape index (κ1) is 20.2. The first-order valence-corrected chi connectivity index (χ1v) is 11.8. The lowest BCUT2D eigenvalue weighted by molar-refractivity contribution is -0.112. The maximum atomic E-state index is 14.2. The van der Waals surface area contributed by atoms with E-state index in [9.17, 15) is 4.39 Å². The predicted molar refractivity (Wildman–Crippen MR) is 119 cm³/mol. The third-order valence-corrected chi connectivity index (χ3v) is 6.98.